The second kappa shape index (κ2) is 14.2. The lowest BCUT2D eigenvalue weighted by molar-refractivity contribution is -0.143. The summed E-state index contributed by atoms with van der Waals surface area (Å²) < 4.78 is 129. The average molecular weight is 697 g/mol. The molecular formula is C31H37F9N6O2. The minimum atomic E-state index is -5.10. The van der Waals surface area contributed by atoms with Crippen molar-refractivity contribution in [3.63, 3.8) is 0 Å². The number of anilines is 1. The molecule has 48 heavy (non-hydrogen) atoms. The Hall–Kier alpha value is -3.44. The van der Waals surface area contributed by atoms with E-state index in [1.54, 1.807) is 0 Å². The molecule has 0 radical (unpaired) electrons. The van der Waals surface area contributed by atoms with Crippen molar-refractivity contribution in [3.05, 3.63) is 69.8 Å². The molecule has 2 heterocycles. The van der Waals surface area contributed by atoms with Crippen LogP contribution in [-0.2, 0) is 43.4 Å². The molecule has 8 nitrogen and oxygen atoms in total. The average Bonchev–Trinajstić information content (AvgIpc) is 3.42. The molecule has 1 aromatic heterocycles. The van der Waals surface area contributed by atoms with Crippen LogP contribution in [0.5, 0.6) is 0 Å². The second-order valence-corrected chi connectivity index (χ2v) is 12.3. The molecule has 1 aliphatic rings. The number of tetrazole rings is 1. The predicted octanol–water partition coefficient (Wildman–Crippen LogP) is 7.03. The van der Waals surface area contributed by atoms with E-state index in [0.29, 0.717) is 50.2 Å². The van der Waals surface area contributed by atoms with Crippen LogP contribution in [0.4, 0.5) is 45.5 Å². The lowest BCUT2D eigenvalue weighted by atomic mass is 9.85. The first kappa shape index (κ1) is 37.4. The molecule has 3 aromatic rings. The number of alkyl halides is 9. The predicted molar refractivity (Wildman–Crippen MR) is 156 cm³/mol. The first-order valence-electron chi connectivity index (χ1n) is 15.2. The Balaban J connectivity index is 1.79. The first-order valence-corrected chi connectivity index (χ1v) is 15.2. The highest BCUT2D eigenvalue weighted by atomic mass is 19.4. The van der Waals surface area contributed by atoms with Gasteiger partial charge in [-0.2, -0.15) is 44.3 Å². The molecule has 1 atom stereocenters. The van der Waals surface area contributed by atoms with Crippen LogP contribution in [0.25, 0.3) is 0 Å². The Morgan fingerprint density at radius 1 is 0.875 bits per heavy atom. The Labute approximate surface area is 271 Å². The van der Waals surface area contributed by atoms with Gasteiger partial charge in [0.05, 0.1) is 35.9 Å². The molecule has 0 saturated carbocycles. The third-order valence-corrected chi connectivity index (χ3v) is 8.28. The van der Waals surface area contributed by atoms with Gasteiger partial charge in [0.1, 0.15) is 0 Å². The highest BCUT2D eigenvalue weighted by Crippen LogP contribution is 2.40. The minimum absolute atomic E-state index is 0.000613. The van der Waals surface area contributed by atoms with Crippen LogP contribution < -0.4 is 4.90 Å². The normalized spacial score (nSPS) is 16.8. The highest BCUT2D eigenvalue weighted by Gasteiger charge is 2.39. The summed E-state index contributed by atoms with van der Waals surface area (Å²) in [5.41, 5.74) is -4.94. The number of piperidine rings is 1. The molecule has 0 spiro atoms. The van der Waals surface area contributed by atoms with Gasteiger partial charge in [-0.1, -0.05) is 25.0 Å². The zero-order valence-corrected chi connectivity index (χ0v) is 26.7. The van der Waals surface area contributed by atoms with E-state index in [2.05, 4.69) is 15.4 Å². The Bertz CT molecular complexity index is 1500. The summed E-state index contributed by atoms with van der Waals surface area (Å²) in [5, 5.41) is 22.6. The van der Waals surface area contributed by atoms with Crippen molar-refractivity contribution in [3.8, 4) is 0 Å². The van der Waals surface area contributed by atoms with Crippen LogP contribution in [0, 0.1) is 5.92 Å². The van der Waals surface area contributed by atoms with Gasteiger partial charge in [0.2, 0.25) is 0 Å². The fourth-order valence-corrected chi connectivity index (χ4v) is 5.97. The van der Waals surface area contributed by atoms with Gasteiger partial charge in [-0.25, -0.2) is 0 Å². The number of aryl methyl sites for hydroxylation is 1. The number of aliphatic hydroxyl groups is 1. The van der Waals surface area contributed by atoms with Crippen LogP contribution in [-0.4, -0.2) is 62.1 Å². The molecule has 4 rings (SSSR count). The second-order valence-electron chi connectivity index (χ2n) is 12.3. The van der Waals surface area contributed by atoms with Gasteiger partial charge in [-0.3, -0.25) is 4.90 Å². The summed E-state index contributed by atoms with van der Waals surface area (Å²) >= 11 is 0. The molecule has 0 unspecified atom stereocenters. The van der Waals surface area contributed by atoms with Gasteiger partial charge >= 0.3 is 18.5 Å². The van der Waals surface area contributed by atoms with Gasteiger partial charge in [0.25, 0.3) is 5.95 Å². The van der Waals surface area contributed by atoms with E-state index in [1.165, 1.54) is 18.0 Å². The largest absolute Gasteiger partial charge is 0.416 e. The van der Waals surface area contributed by atoms with Gasteiger partial charge in [-0.05, 0) is 77.9 Å². The summed E-state index contributed by atoms with van der Waals surface area (Å²) in [6.07, 6.45) is -14.3. The molecule has 1 fully saturated rings. The number of benzene rings is 2. The number of aromatic nitrogens is 4. The maximum atomic E-state index is 14.0. The Kier molecular flexibility index (Phi) is 11.1. The molecule has 17 heteroatoms. The topological polar surface area (TPSA) is 79.5 Å². The molecule has 1 N–H and O–H groups in total. The Morgan fingerprint density at radius 2 is 1.46 bits per heavy atom. The molecular weight excluding hydrogens is 659 g/mol. The summed E-state index contributed by atoms with van der Waals surface area (Å²) in [7, 11) is 1.38. The lowest BCUT2D eigenvalue weighted by Gasteiger charge is -2.43. The fraction of sp³-hybridized carbons (Fsp3) is 0.581. The standard InChI is InChI=1S/C31H37F9N6O2/c1-5-48-18-28(47)8-10-45(11-9-28)26(19(2)3)25-7-6-22(29(32,33)34)14-21(25)17-46(27-41-43-44(4)42-27)16-20-12-23(30(35,36)37)15-24(13-20)31(38,39)40/h6-7,12-15,19,26,47H,5,8-11,16-18H2,1-4H3/t26-/m1/s1. The summed E-state index contributed by atoms with van der Waals surface area (Å²) in [4.78, 5) is 4.25. The number of ether oxygens (including phenoxy) is 1. The van der Waals surface area contributed by atoms with E-state index in [9.17, 15) is 44.6 Å². The maximum absolute atomic E-state index is 14.0. The van der Waals surface area contributed by atoms with E-state index in [-0.39, 0.29) is 30.1 Å². The molecule has 1 saturated heterocycles. The van der Waals surface area contributed by atoms with Crippen LogP contribution in [0.1, 0.15) is 73.0 Å². The highest BCUT2D eigenvalue weighted by molar-refractivity contribution is 5.42. The minimum Gasteiger partial charge on any atom is -0.387 e. The van der Waals surface area contributed by atoms with Gasteiger partial charge in [-0.15, -0.1) is 5.10 Å². The SMILES string of the molecule is CCOCC1(O)CCN([C@@H](c2ccc(C(F)(F)F)cc2CN(Cc2cc(C(F)(F)F)cc(C(F)(F)F)c2)c2nnn(C)n2)C(C)C)CC1. The van der Waals surface area contributed by atoms with Crippen LogP contribution >= 0.6 is 0 Å². The maximum Gasteiger partial charge on any atom is 0.416 e. The van der Waals surface area contributed by atoms with Crippen molar-refractivity contribution in [1.29, 1.82) is 0 Å². The van der Waals surface area contributed by atoms with Gasteiger partial charge in [0.15, 0.2) is 0 Å². The van der Waals surface area contributed by atoms with Crippen LogP contribution in [0.15, 0.2) is 36.4 Å². The molecule has 2 aromatic carbocycles. The van der Waals surface area contributed by atoms with E-state index in [4.69, 9.17) is 4.74 Å². The van der Waals surface area contributed by atoms with E-state index >= 15 is 0 Å². The molecule has 0 aliphatic carbocycles. The third-order valence-electron chi connectivity index (χ3n) is 8.28. The third kappa shape index (κ3) is 9.16. The van der Waals surface area contributed by atoms with Crippen molar-refractivity contribution in [2.45, 2.75) is 76.9 Å². The van der Waals surface area contributed by atoms with E-state index in [0.717, 1.165) is 16.9 Å². The first-order chi connectivity index (χ1) is 22.2. The van der Waals surface area contributed by atoms with E-state index in [1.807, 2.05) is 25.7 Å². The van der Waals surface area contributed by atoms with Crippen molar-refractivity contribution >= 4 is 5.95 Å². The summed E-state index contributed by atoms with van der Waals surface area (Å²) in [6, 6.07) is 3.87. The van der Waals surface area contributed by atoms with Gasteiger partial charge in [0, 0.05) is 38.8 Å². The number of nitrogens with zero attached hydrogens (tertiary/aromatic N) is 6. The smallest absolute Gasteiger partial charge is 0.387 e. The molecule has 1 aliphatic heterocycles. The van der Waals surface area contributed by atoms with Gasteiger partial charge < -0.3 is 14.7 Å². The van der Waals surface area contributed by atoms with E-state index < -0.39 is 65.5 Å². The zero-order chi connectivity index (χ0) is 35.7. The van der Waals surface area contributed by atoms with Crippen molar-refractivity contribution in [2.75, 3.05) is 31.2 Å². The zero-order valence-electron chi connectivity index (χ0n) is 26.7. The number of hydrogen-bond donors (Lipinski definition) is 1. The quantitative estimate of drug-likeness (QED) is 0.216. The van der Waals surface area contributed by atoms with Crippen LogP contribution in [0.3, 0.4) is 0 Å². The summed E-state index contributed by atoms with van der Waals surface area (Å²) in [6.45, 7) is 5.91. The number of rotatable bonds is 11. The number of hydrogen-bond acceptors (Lipinski definition) is 7. The van der Waals surface area contributed by atoms with Crippen molar-refractivity contribution in [2.24, 2.45) is 13.0 Å². The monoisotopic (exact) mass is 696 g/mol. The van der Waals surface area contributed by atoms with Crippen molar-refractivity contribution in [1.82, 2.24) is 25.1 Å². The van der Waals surface area contributed by atoms with Crippen LogP contribution in [0.2, 0.25) is 0 Å². The molecule has 0 bridgehead atoms. The van der Waals surface area contributed by atoms with Crippen molar-refractivity contribution < 1.29 is 49.4 Å². The molecule has 266 valence electrons. The lowest BCUT2D eigenvalue weighted by Crippen LogP contribution is -2.49. The molecule has 0 amide bonds. The number of likely N-dealkylation sites (tertiary alicyclic amines) is 1. The Morgan fingerprint density at radius 3 is 1.94 bits per heavy atom. The summed E-state index contributed by atoms with van der Waals surface area (Å²) in [5.74, 6) is -0.369. The number of halogens is 9. The fourth-order valence-electron chi connectivity index (χ4n) is 5.97.